The highest BCUT2D eigenvalue weighted by atomic mass is 16.5. The van der Waals surface area contributed by atoms with Crippen LogP contribution in [0.5, 0.6) is 0 Å². The minimum atomic E-state index is -0.247. The Kier molecular flexibility index (Phi) is 5.30. The number of nitrogens with zero attached hydrogens (tertiary/aromatic N) is 4. The molecule has 1 amide bonds. The molecule has 7 heteroatoms. The fourth-order valence-corrected chi connectivity index (χ4v) is 3.63. The van der Waals surface area contributed by atoms with Gasteiger partial charge < -0.3 is 15.4 Å². The SMILES string of the molecule is Cc1cc(C)nc(N2CCN(C3CCOCC3)C[C@H](C(N)=O)C2)n1. The Hall–Kier alpha value is -1.73. The molecule has 1 aromatic heterocycles. The summed E-state index contributed by atoms with van der Waals surface area (Å²) < 4.78 is 5.46. The first-order chi connectivity index (χ1) is 11.5. The van der Waals surface area contributed by atoms with E-state index in [1.54, 1.807) is 0 Å². The average molecular weight is 333 g/mol. The molecule has 7 nitrogen and oxygen atoms in total. The molecule has 2 aliphatic heterocycles. The van der Waals surface area contributed by atoms with E-state index in [4.69, 9.17) is 10.5 Å². The molecule has 24 heavy (non-hydrogen) atoms. The van der Waals surface area contributed by atoms with Crippen LogP contribution in [-0.2, 0) is 9.53 Å². The number of carbonyl (C=O) groups excluding carboxylic acids is 1. The number of hydrogen-bond acceptors (Lipinski definition) is 6. The Morgan fingerprint density at radius 2 is 1.83 bits per heavy atom. The highest BCUT2D eigenvalue weighted by molar-refractivity contribution is 5.77. The largest absolute Gasteiger partial charge is 0.381 e. The third kappa shape index (κ3) is 4.02. The molecule has 2 N–H and O–H groups in total. The van der Waals surface area contributed by atoms with E-state index >= 15 is 0 Å². The van der Waals surface area contributed by atoms with Crippen molar-refractivity contribution in [2.24, 2.45) is 11.7 Å². The van der Waals surface area contributed by atoms with Crippen LogP contribution in [0, 0.1) is 19.8 Å². The van der Waals surface area contributed by atoms with Crippen molar-refractivity contribution >= 4 is 11.9 Å². The second kappa shape index (κ2) is 7.44. The molecule has 0 saturated carbocycles. The smallest absolute Gasteiger partial charge is 0.225 e. The molecule has 0 aliphatic carbocycles. The van der Waals surface area contributed by atoms with Crippen molar-refractivity contribution in [1.82, 2.24) is 14.9 Å². The standard InChI is InChI=1S/C17H27N5O2/c1-12-9-13(2)20-17(19-12)22-6-5-21(10-14(11-22)16(18)23)15-3-7-24-8-4-15/h9,14-15H,3-8,10-11H2,1-2H3,(H2,18,23)/t14-/m0/s1. The maximum atomic E-state index is 11.9. The van der Waals surface area contributed by atoms with E-state index in [1.807, 2.05) is 19.9 Å². The van der Waals surface area contributed by atoms with Crippen LogP contribution in [0.3, 0.4) is 0 Å². The third-order valence-corrected chi connectivity index (χ3v) is 4.92. The number of rotatable bonds is 3. The topological polar surface area (TPSA) is 84.6 Å². The Morgan fingerprint density at radius 3 is 2.46 bits per heavy atom. The van der Waals surface area contributed by atoms with Gasteiger partial charge in [0.1, 0.15) is 0 Å². The summed E-state index contributed by atoms with van der Waals surface area (Å²) in [7, 11) is 0. The van der Waals surface area contributed by atoms with Gasteiger partial charge in [-0.15, -0.1) is 0 Å². The lowest BCUT2D eigenvalue weighted by molar-refractivity contribution is -0.122. The van der Waals surface area contributed by atoms with Crippen molar-refractivity contribution in [2.45, 2.75) is 32.7 Å². The van der Waals surface area contributed by atoms with Gasteiger partial charge in [0, 0.05) is 56.8 Å². The van der Waals surface area contributed by atoms with Crippen LogP contribution in [0.2, 0.25) is 0 Å². The van der Waals surface area contributed by atoms with Gasteiger partial charge in [0.05, 0.1) is 5.92 Å². The monoisotopic (exact) mass is 333 g/mol. The van der Waals surface area contributed by atoms with Gasteiger partial charge >= 0.3 is 0 Å². The van der Waals surface area contributed by atoms with Gasteiger partial charge in [-0.3, -0.25) is 9.69 Å². The van der Waals surface area contributed by atoms with Crippen LogP contribution in [0.1, 0.15) is 24.2 Å². The molecular formula is C17H27N5O2. The fourth-order valence-electron chi connectivity index (χ4n) is 3.63. The van der Waals surface area contributed by atoms with Crippen LogP contribution in [0.4, 0.5) is 5.95 Å². The van der Waals surface area contributed by atoms with Gasteiger partial charge in [0.15, 0.2) is 0 Å². The first-order valence-corrected chi connectivity index (χ1v) is 8.71. The molecular weight excluding hydrogens is 306 g/mol. The summed E-state index contributed by atoms with van der Waals surface area (Å²) in [5.74, 6) is 0.246. The summed E-state index contributed by atoms with van der Waals surface area (Å²) >= 11 is 0. The van der Waals surface area contributed by atoms with Gasteiger partial charge in [0.25, 0.3) is 0 Å². The highest BCUT2D eigenvalue weighted by Gasteiger charge is 2.31. The van der Waals surface area contributed by atoms with E-state index in [2.05, 4.69) is 19.8 Å². The fraction of sp³-hybridized carbons (Fsp3) is 0.706. The zero-order valence-electron chi connectivity index (χ0n) is 14.6. The summed E-state index contributed by atoms with van der Waals surface area (Å²) in [5, 5.41) is 0. The number of primary amides is 1. The van der Waals surface area contributed by atoms with Crippen molar-refractivity contribution in [3.63, 3.8) is 0 Å². The van der Waals surface area contributed by atoms with Crippen molar-refractivity contribution in [2.75, 3.05) is 44.3 Å². The normalized spacial score (nSPS) is 23.9. The van der Waals surface area contributed by atoms with Gasteiger partial charge in [-0.1, -0.05) is 0 Å². The summed E-state index contributed by atoms with van der Waals surface area (Å²) in [6.07, 6.45) is 2.04. The van der Waals surface area contributed by atoms with E-state index in [9.17, 15) is 4.79 Å². The average Bonchev–Trinajstić information content (AvgIpc) is 2.78. The Morgan fingerprint density at radius 1 is 1.17 bits per heavy atom. The molecule has 1 atom stereocenters. The maximum absolute atomic E-state index is 11.9. The van der Waals surface area contributed by atoms with Crippen LogP contribution >= 0.6 is 0 Å². The molecule has 0 radical (unpaired) electrons. The minimum Gasteiger partial charge on any atom is -0.381 e. The second-order valence-corrected chi connectivity index (χ2v) is 6.83. The molecule has 2 saturated heterocycles. The lowest BCUT2D eigenvalue weighted by Crippen LogP contribution is -2.44. The first kappa shape index (κ1) is 17.1. The van der Waals surface area contributed by atoms with Gasteiger partial charge in [0.2, 0.25) is 11.9 Å². The molecule has 0 bridgehead atoms. The molecule has 2 aliphatic rings. The van der Waals surface area contributed by atoms with Crippen LogP contribution in [0.25, 0.3) is 0 Å². The number of nitrogens with two attached hydrogens (primary N) is 1. The lowest BCUT2D eigenvalue weighted by atomic mass is 10.0. The summed E-state index contributed by atoms with van der Waals surface area (Å²) in [6.45, 7) is 8.53. The van der Waals surface area contributed by atoms with Gasteiger partial charge in [-0.25, -0.2) is 9.97 Å². The highest BCUT2D eigenvalue weighted by Crippen LogP contribution is 2.21. The van der Waals surface area contributed by atoms with Gasteiger partial charge in [-0.2, -0.15) is 0 Å². The number of amides is 1. The predicted molar refractivity (Wildman–Crippen MR) is 91.8 cm³/mol. The maximum Gasteiger partial charge on any atom is 0.225 e. The number of carbonyl (C=O) groups is 1. The van der Waals surface area contributed by atoms with Crippen LogP contribution in [-0.4, -0.2) is 66.2 Å². The van der Waals surface area contributed by atoms with E-state index in [1.165, 1.54) is 0 Å². The summed E-state index contributed by atoms with van der Waals surface area (Å²) in [6, 6.07) is 2.43. The zero-order valence-corrected chi connectivity index (χ0v) is 14.6. The molecule has 2 fully saturated rings. The molecule has 0 aromatic carbocycles. The van der Waals surface area contributed by atoms with Crippen molar-refractivity contribution < 1.29 is 9.53 Å². The zero-order chi connectivity index (χ0) is 17.1. The first-order valence-electron chi connectivity index (χ1n) is 8.71. The Bertz CT molecular complexity index is 568. The van der Waals surface area contributed by atoms with E-state index in [0.717, 1.165) is 50.5 Å². The molecule has 3 heterocycles. The summed E-state index contributed by atoms with van der Waals surface area (Å²) in [5.41, 5.74) is 7.56. The van der Waals surface area contributed by atoms with Gasteiger partial charge in [-0.05, 0) is 32.8 Å². The lowest BCUT2D eigenvalue weighted by Gasteiger charge is -2.34. The van der Waals surface area contributed by atoms with E-state index < -0.39 is 0 Å². The number of aryl methyl sites for hydroxylation is 2. The minimum absolute atomic E-state index is 0.209. The molecule has 3 rings (SSSR count). The van der Waals surface area contributed by atoms with Crippen LogP contribution in [0.15, 0.2) is 6.07 Å². The number of anilines is 1. The van der Waals surface area contributed by atoms with Crippen LogP contribution < -0.4 is 10.6 Å². The number of hydrogen-bond donors (Lipinski definition) is 1. The van der Waals surface area contributed by atoms with Crippen molar-refractivity contribution in [3.8, 4) is 0 Å². The predicted octanol–water partition coefficient (Wildman–Crippen LogP) is 0.496. The molecule has 132 valence electrons. The summed E-state index contributed by atoms with van der Waals surface area (Å²) in [4.78, 5) is 25.6. The molecule has 0 unspecified atom stereocenters. The number of aromatic nitrogens is 2. The third-order valence-electron chi connectivity index (χ3n) is 4.92. The molecule has 1 aromatic rings. The quantitative estimate of drug-likeness (QED) is 0.867. The molecule has 0 spiro atoms. The van der Waals surface area contributed by atoms with E-state index in [-0.39, 0.29) is 11.8 Å². The van der Waals surface area contributed by atoms with Crippen molar-refractivity contribution in [3.05, 3.63) is 17.5 Å². The Balaban J connectivity index is 1.79. The van der Waals surface area contributed by atoms with E-state index in [0.29, 0.717) is 25.1 Å². The number of ether oxygens (including phenoxy) is 1. The Labute approximate surface area is 143 Å². The van der Waals surface area contributed by atoms with Crippen molar-refractivity contribution in [1.29, 1.82) is 0 Å². The second-order valence-electron chi connectivity index (χ2n) is 6.83.